The van der Waals surface area contributed by atoms with Gasteiger partial charge in [-0.15, -0.1) is 0 Å². The second kappa shape index (κ2) is 8.56. The van der Waals surface area contributed by atoms with Crippen LogP contribution in [0.15, 0.2) is 36.4 Å². The van der Waals surface area contributed by atoms with Gasteiger partial charge in [0.25, 0.3) is 0 Å². The van der Waals surface area contributed by atoms with Crippen LogP contribution in [0, 0.1) is 0 Å². The average Bonchev–Trinajstić information content (AvgIpc) is 2.60. The van der Waals surface area contributed by atoms with E-state index in [9.17, 15) is 13.2 Å². The highest BCUT2D eigenvalue weighted by molar-refractivity contribution is 5.74. The SMILES string of the molecule is COCNCc1cc(C(F)(F)F)ccc1-c1cc(C(C)C)ccc1OC. The van der Waals surface area contributed by atoms with Crippen LogP contribution in [0.2, 0.25) is 0 Å². The summed E-state index contributed by atoms with van der Waals surface area (Å²) in [6, 6.07) is 9.60. The van der Waals surface area contributed by atoms with Crippen LogP contribution in [0.5, 0.6) is 5.75 Å². The molecule has 0 aliphatic rings. The summed E-state index contributed by atoms with van der Waals surface area (Å²) in [7, 11) is 3.08. The fraction of sp³-hybridized carbons (Fsp3) is 0.400. The van der Waals surface area contributed by atoms with Crippen molar-refractivity contribution in [1.29, 1.82) is 0 Å². The molecule has 2 aromatic rings. The lowest BCUT2D eigenvalue weighted by Crippen LogP contribution is -2.17. The Labute approximate surface area is 152 Å². The normalized spacial score (nSPS) is 11.8. The Morgan fingerprint density at radius 2 is 1.73 bits per heavy atom. The van der Waals surface area contributed by atoms with E-state index in [1.54, 1.807) is 7.11 Å². The summed E-state index contributed by atoms with van der Waals surface area (Å²) < 4.78 is 49.8. The Morgan fingerprint density at radius 3 is 2.31 bits per heavy atom. The van der Waals surface area contributed by atoms with Gasteiger partial charge in [0.2, 0.25) is 0 Å². The third-order valence-electron chi connectivity index (χ3n) is 4.17. The fourth-order valence-corrected chi connectivity index (χ4v) is 2.76. The van der Waals surface area contributed by atoms with E-state index in [4.69, 9.17) is 9.47 Å². The van der Waals surface area contributed by atoms with Crippen molar-refractivity contribution in [2.24, 2.45) is 0 Å². The van der Waals surface area contributed by atoms with Gasteiger partial charge in [0.1, 0.15) is 5.75 Å². The van der Waals surface area contributed by atoms with E-state index in [-0.39, 0.29) is 13.3 Å². The highest BCUT2D eigenvalue weighted by atomic mass is 19.4. The number of nitrogens with one attached hydrogen (secondary N) is 1. The molecule has 0 aromatic heterocycles. The second-order valence-corrected chi connectivity index (χ2v) is 6.34. The van der Waals surface area contributed by atoms with Gasteiger partial charge in [-0.3, -0.25) is 5.32 Å². The highest BCUT2D eigenvalue weighted by Gasteiger charge is 2.31. The molecule has 0 fully saturated rings. The first-order valence-electron chi connectivity index (χ1n) is 8.36. The van der Waals surface area contributed by atoms with Crippen LogP contribution < -0.4 is 10.1 Å². The van der Waals surface area contributed by atoms with Crippen molar-refractivity contribution in [3.63, 3.8) is 0 Å². The van der Waals surface area contributed by atoms with Crippen molar-refractivity contribution < 1.29 is 22.6 Å². The minimum absolute atomic E-state index is 0.249. The molecule has 0 aliphatic carbocycles. The van der Waals surface area contributed by atoms with Crippen molar-refractivity contribution in [1.82, 2.24) is 5.32 Å². The van der Waals surface area contributed by atoms with E-state index in [0.29, 0.717) is 22.8 Å². The summed E-state index contributed by atoms with van der Waals surface area (Å²) >= 11 is 0. The first-order chi connectivity index (χ1) is 12.3. The van der Waals surface area contributed by atoms with Gasteiger partial charge in [-0.05, 0) is 46.9 Å². The molecule has 0 radical (unpaired) electrons. The van der Waals surface area contributed by atoms with E-state index in [1.165, 1.54) is 19.2 Å². The predicted octanol–water partition coefficient (Wildman–Crippen LogP) is 5.20. The molecule has 0 saturated carbocycles. The summed E-state index contributed by atoms with van der Waals surface area (Å²) in [5.41, 5.74) is 2.45. The van der Waals surface area contributed by atoms with Crippen molar-refractivity contribution in [3.05, 3.63) is 53.1 Å². The Hall–Kier alpha value is -2.05. The van der Waals surface area contributed by atoms with Crippen LogP contribution in [0.3, 0.4) is 0 Å². The molecule has 6 heteroatoms. The first kappa shape index (κ1) is 20.3. The quantitative estimate of drug-likeness (QED) is 0.539. The molecular formula is C20H24F3NO2. The molecule has 0 heterocycles. The Kier molecular flexibility index (Phi) is 6.67. The number of benzene rings is 2. The average molecular weight is 367 g/mol. The monoisotopic (exact) mass is 367 g/mol. The topological polar surface area (TPSA) is 30.5 Å². The van der Waals surface area contributed by atoms with E-state index in [1.807, 2.05) is 18.2 Å². The van der Waals surface area contributed by atoms with Gasteiger partial charge in [-0.2, -0.15) is 13.2 Å². The Bertz CT molecular complexity index is 742. The largest absolute Gasteiger partial charge is 0.496 e. The predicted molar refractivity (Wildman–Crippen MR) is 96.2 cm³/mol. The molecule has 0 spiro atoms. The molecule has 0 atom stereocenters. The zero-order valence-electron chi connectivity index (χ0n) is 15.4. The second-order valence-electron chi connectivity index (χ2n) is 6.34. The maximum Gasteiger partial charge on any atom is 0.416 e. The lowest BCUT2D eigenvalue weighted by molar-refractivity contribution is -0.137. The number of halogens is 3. The summed E-state index contributed by atoms with van der Waals surface area (Å²) in [6.07, 6.45) is -4.39. The first-order valence-corrected chi connectivity index (χ1v) is 8.36. The third kappa shape index (κ3) is 4.77. The van der Waals surface area contributed by atoms with Gasteiger partial charge < -0.3 is 9.47 Å². The molecule has 2 aromatic carbocycles. The third-order valence-corrected chi connectivity index (χ3v) is 4.17. The smallest absolute Gasteiger partial charge is 0.416 e. The van der Waals surface area contributed by atoms with Gasteiger partial charge >= 0.3 is 6.18 Å². The van der Waals surface area contributed by atoms with E-state index in [0.717, 1.165) is 17.2 Å². The molecule has 3 nitrogen and oxygen atoms in total. The number of rotatable bonds is 7. The van der Waals surface area contributed by atoms with E-state index in [2.05, 4.69) is 19.2 Å². The van der Waals surface area contributed by atoms with Gasteiger partial charge in [-0.25, -0.2) is 0 Å². The molecule has 2 rings (SSSR count). The van der Waals surface area contributed by atoms with Crippen molar-refractivity contribution in [3.8, 4) is 16.9 Å². The summed E-state index contributed by atoms with van der Waals surface area (Å²) in [5, 5.41) is 2.98. The zero-order valence-corrected chi connectivity index (χ0v) is 15.4. The number of hydrogen-bond acceptors (Lipinski definition) is 3. The molecule has 0 amide bonds. The molecule has 0 aliphatic heterocycles. The van der Waals surface area contributed by atoms with Crippen LogP contribution in [0.25, 0.3) is 11.1 Å². The van der Waals surface area contributed by atoms with Gasteiger partial charge in [-0.1, -0.05) is 26.0 Å². The van der Waals surface area contributed by atoms with Gasteiger partial charge in [0.15, 0.2) is 0 Å². The maximum atomic E-state index is 13.1. The molecule has 142 valence electrons. The minimum atomic E-state index is -4.39. The molecule has 1 N–H and O–H groups in total. The van der Waals surface area contributed by atoms with Crippen LogP contribution in [0.1, 0.15) is 36.5 Å². The van der Waals surface area contributed by atoms with Crippen LogP contribution in [-0.2, 0) is 17.5 Å². The van der Waals surface area contributed by atoms with Gasteiger partial charge in [0.05, 0.1) is 19.4 Å². The van der Waals surface area contributed by atoms with E-state index >= 15 is 0 Å². The molecule has 26 heavy (non-hydrogen) atoms. The Balaban J connectivity index is 2.58. The Morgan fingerprint density at radius 1 is 1.00 bits per heavy atom. The molecule has 0 unspecified atom stereocenters. The summed E-state index contributed by atoms with van der Waals surface area (Å²) in [6.45, 7) is 4.64. The maximum absolute atomic E-state index is 13.1. The van der Waals surface area contributed by atoms with E-state index < -0.39 is 11.7 Å². The standard InChI is InChI=1S/C20H24F3NO2/c1-13(2)14-5-8-19(26-4)18(10-14)17-7-6-16(20(21,22)23)9-15(17)11-24-12-25-3/h5-10,13,24H,11-12H2,1-4H3. The van der Waals surface area contributed by atoms with Crippen LogP contribution in [-0.4, -0.2) is 21.0 Å². The van der Waals surface area contributed by atoms with Crippen molar-refractivity contribution in [2.45, 2.75) is 32.5 Å². The number of methoxy groups -OCH3 is 2. The molecule has 0 saturated heterocycles. The zero-order chi connectivity index (χ0) is 19.3. The van der Waals surface area contributed by atoms with Crippen molar-refractivity contribution in [2.75, 3.05) is 21.0 Å². The van der Waals surface area contributed by atoms with Crippen molar-refractivity contribution >= 4 is 0 Å². The highest BCUT2D eigenvalue weighted by Crippen LogP contribution is 2.38. The fourth-order valence-electron chi connectivity index (χ4n) is 2.76. The van der Waals surface area contributed by atoms with Gasteiger partial charge in [0, 0.05) is 19.2 Å². The molecule has 0 bridgehead atoms. The lowest BCUT2D eigenvalue weighted by atomic mass is 9.92. The number of hydrogen-bond donors (Lipinski definition) is 1. The van der Waals surface area contributed by atoms with Crippen LogP contribution in [0.4, 0.5) is 13.2 Å². The molecular weight excluding hydrogens is 343 g/mol. The summed E-state index contributed by atoms with van der Waals surface area (Å²) in [5.74, 6) is 0.923. The van der Waals surface area contributed by atoms with Crippen LogP contribution >= 0.6 is 0 Å². The minimum Gasteiger partial charge on any atom is -0.496 e. The number of alkyl halides is 3. The summed E-state index contributed by atoms with van der Waals surface area (Å²) in [4.78, 5) is 0. The lowest BCUT2D eigenvalue weighted by Gasteiger charge is -2.18. The number of ether oxygens (including phenoxy) is 2.